The fraction of sp³-hybridized carbons (Fsp3) is 0.615. The van der Waals surface area contributed by atoms with Gasteiger partial charge in [0.1, 0.15) is 0 Å². The maximum Gasteiger partial charge on any atom is 0.261 e. The molecule has 94 valence electrons. The van der Waals surface area contributed by atoms with Crippen molar-refractivity contribution in [1.29, 1.82) is 0 Å². The van der Waals surface area contributed by atoms with Crippen LogP contribution in [0.2, 0.25) is 0 Å². The van der Waals surface area contributed by atoms with Gasteiger partial charge in [-0.1, -0.05) is 6.92 Å². The van der Waals surface area contributed by atoms with Crippen molar-refractivity contribution in [3.63, 3.8) is 0 Å². The molecule has 0 saturated heterocycles. The average Bonchev–Trinajstić information content (AvgIpc) is 2.80. The molecule has 0 radical (unpaired) electrons. The van der Waals surface area contributed by atoms with Crippen LogP contribution in [-0.4, -0.2) is 18.0 Å². The number of carbonyl (C=O) groups excluding carboxylic acids is 1. The van der Waals surface area contributed by atoms with Crippen molar-refractivity contribution in [2.45, 2.75) is 51.1 Å². The number of nitrogens with one attached hydrogen (secondary N) is 1. The number of carbonyl (C=O) groups is 1. The molecule has 1 saturated carbocycles. The average molecular weight is 252 g/mol. The number of thiophene rings is 1. The van der Waals surface area contributed by atoms with Crippen molar-refractivity contribution in [2.24, 2.45) is 5.73 Å². The van der Waals surface area contributed by atoms with Crippen LogP contribution < -0.4 is 11.1 Å². The molecule has 0 atom stereocenters. The van der Waals surface area contributed by atoms with E-state index in [0.29, 0.717) is 12.1 Å². The van der Waals surface area contributed by atoms with E-state index in [1.165, 1.54) is 11.3 Å². The maximum atomic E-state index is 12.1. The van der Waals surface area contributed by atoms with Crippen molar-refractivity contribution in [3.8, 4) is 0 Å². The first-order valence-corrected chi connectivity index (χ1v) is 7.21. The van der Waals surface area contributed by atoms with E-state index in [0.717, 1.165) is 42.5 Å². The number of amides is 1. The van der Waals surface area contributed by atoms with Crippen molar-refractivity contribution in [2.75, 3.05) is 0 Å². The number of nitrogens with two attached hydrogens (primary N) is 1. The third-order valence-electron chi connectivity index (χ3n) is 3.44. The summed E-state index contributed by atoms with van der Waals surface area (Å²) in [6, 6.07) is 2.68. The van der Waals surface area contributed by atoms with Crippen LogP contribution in [0.15, 0.2) is 11.4 Å². The molecule has 0 spiro atoms. The van der Waals surface area contributed by atoms with Crippen molar-refractivity contribution in [3.05, 3.63) is 21.9 Å². The SMILES string of the molecule is CCc1ccsc1C(=O)NC1CCC(N)CC1. The molecule has 1 amide bonds. The van der Waals surface area contributed by atoms with E-state index in [4.69, 9.17) is 5.73 Å². The summed E-state index contributed by atoms with van der Waals surface area (Å²) in [7, 11) is 0. The Hall–Kier alpha value is -0.870. The molecule has 0 bridgehead atoms. The van der Waals surface area contributed by atoms with Gasteiger partial charge in [-0.05, 0) is 49.1 Å². The van der Waals surface area contributed by atoms with E-state index in [2.05, 4.69) is 12.2 Å². The fourth-order valence-electron chi connectivity index (χ4n) is 2.33. The maximum absolute atomic E-state index is 12.1. The Labute approximate surface area is 106 Å². The van der Waals surface area contributed by atoms with Crippen LogP contribution in [0, 0.1) is 0 Å². The molecule has 0 aliphatic heterocycles. The number of hydrogen-bond acceptors (Lipinski definition) is 3. The van der Waals surface area contributed by atoms with Gasteiger partial charge in [0.2, 0.25) is 0 Å². The van der Waals surface area contributed by atoms with Gasteiger partial charge >= 0.3 is 0 Å². The third-order valence-corrected chi connectivity index (χ3v) is 4.40. The zero-order valence-corrected chi connectivity index (χ0v) is 11.1. The van der Waals surface area contributed by atoms with Gasteiger partial charge < -0.3 is 11.1 Å². The highest BCUT2D eigenvalue weighted by Gasteiger charge is 2.21. The number of aryl methyl sites for hydroxylation is 1. The van der Waals surface area contributed by atoms with Crippen LogP contribution in [0.5, 0.6) is 0 Å². The van der Waals surface area contributed by atoms with Gasteiger partial charge in [-0.2, -0.15) is 0 Å². The second-order valence-corrected chi connectivity index (χ2v) is 5.63. The first kappa shape index (κ1) is 12.6. The van der Waals surface area contributed by atoms with Crippen LogP contribution in [0.25, 0.3) is 0 Å². The van der Waals surface area contributed by atoms with E-state index >= 15 is 0 Å². The fourth-order valence-corrected chi connectivity index (χ4v) is 3.23. The molecule has 0 unspecified atom stereocenters. The molecule has 1 aromatic heterocycles. The summed E-state index contributed by atoms with van der Waals surface area (Å²) in [4.78, 5) is 13.0. The summed E-state index contributed by atoms with van der Waals surface area (Å²) in [6.45, 7) is 2.08. The Bertz CT molecular complexity index is 381. The van der Waals surface area contributed by atoms with Gasteiger partial charge in [0.25, 0.3) is 5.91 Å². The van der Waals surface area contributed by atoms with Crippen LogP contribution in [0.3, 0.4) is 0 Å². The Balaban J connectivity index is 1.93. The normalized spacial score (nSPS) is 24.6. The molecule has 1 heterocycles. The molecule has 1 aliphatic rings. The van der Waals surface area contributed by atoms with Crippen molar-refractivity contribution in [1.82, 2.24) is 5.32 Å². The van der Waals surface area contributed by atoms with Gasteiger partial charge in [0.15, 0.2) is 0 Å². The first-order chi connectivity index (χ1) is 8.20. The molecule has 1 aromatic rings. The van der Waals surface area contributed by atoms with Crippen LogP contribution >= 0.6 is 11.3 Å². The van der Waals surface area contributed by atoms with Gasteiger partial charge in [-0.25, -0.2) is 0 Å². The van der Waals surface area contributed by atoms with Crippen molar-refractivity contribution < 1.29 is 4.79 Å². The highest BCUT2D eigenvalue weighted by Crippen LogP contribution is 2.20. The molecule has 1 aliphatic carbocycles. The summed E-state index contributed by atoms with van der Waals surface area (Å²) < 4.78 is 0. The monoisotopic (exact) mass is 252 g/mol. The number of rotatable bonds is 3. The lowest BCUT2D eigenvalue weighted by Crippen LogP contribution is -2.40. The lowest BCUT2D eigenvalue weighted by Gasteiger charge is -2.26. The lowest BCUT2D eigenvalue weighted by atomic mass is 9.92. The van der Waals surface area contributed by atoms with Gasteiger partial charge in [0, 0.05) is 12.1 Å². The van der Waals surface area contributed by atoms with Crippen molar-refractivity contribution >= 4 is 17.2 Å². The number of hydrogen-bond donors (Lipinski definition) is 2. The van der Waals surface area contributed by atoms with Gasteiger partial charge in [-0.15, -0.1) is 11.3 Å². The predicted octanol–water partition coefficient (Wildman–Crippen LogP) is 2.31. The second kappa shape index (κ2) is 5.65. The van der Waals surface area contributed by atoms with Crippen LogP contribution in [0.4, 0.5) is 0 Å². The quantitative estimate of drug-likeness (QED) is 0.867. The minimum atomic E-state index is 0.0947. The zero-order valence-electron chi connectivity index (χ0n) is 10.2. The highest BCUT2D eigenvalue weighted by molar-refractivity contribution is 7.12. The summed E-state index contributed by atoms with van der Waals surface area (Å²) in [5.74, 6) is 0.0947. The van der Waals surface area contributed by atoms with Crippen LogP contribution in [-0.2, 0) is 6.42 Å². The molecule has 17 heavy (non-hydrogen) atoms. The molecule has 3 N–H and O–H groups in total. The second-order valence-electron chi connectivity index (χ2n) is 4.71. The Morgan fingerprint density at radius 2 is 2.18 bits per heavy atom. The van der Waals surface area contributed by atoms with Gasteiger partial charge in [-0.3, -0.25) is 4.79 Å². The predicted molar refractivity (Wildman–Crippen MR) is 71.4 cm³/mol. The highest BCUT2D eigenvalue weighted by atomic mass is 32.1. The molecule has 4 heteroatoms. The largest absolute Gasteiger partial charge is 0.349 e. The standard InChI is InChI=1S/C13H20N2OS/c1-2-9-7-8-17-12(9)13(16)15-11-5-3-10(14)4-6-11/h7-8,10-11H,2-6,14H2,1H3,(H,15,16). The van der Waals surface area contributed by atoms with E-state index < -0.39 is 0 Å². The van der Waals surface area contributed by atoms with Gasteiger partial charge in [0.05, 0.1) is 4.88 Å². The Kier molecular flexibility index (Phi) is 4.18. The summed E-state index contributed by atoms with van der Waals surface area (Å²) in [5, 5.41) is 5.12. The minimum absolute atomic E-state index is 0.0947. The topological polar surface area (TPSA) is 55.1 Å². The Morgan fingerprint density at radius 1 is 1.47 bits per heavy atom. The first-order valence-electron chi connectivity index (χ1n) is 6.33. The minimum Gasteiger partial charge on any atom is -0.349 e. The molecular weight excluding hydrogens is 232 g/mol. The molecule has 0 aromatic carbocycles. The lowest BCUT2D eigenvalue weighted by molar-refractivity contribution is 0.0929. The zero-order chi connectivity index (χ0) is 12.3. The van der Waals surface area contributed by atoms with E-state index in [9.17, 15) is 4.79 Å². The molecular formula is C13H20N2OS. The van der Waals surface area contributed by atoms with E-state index in [1.54, 1.807) is 0 Å². The summed E-state index contributed by atoms with van der Waals surface area (Å²) in [6.07, 6.45) is 4.99. The van der Waals surface area contributed by atoms with Crippen LogP contribution in [0.1, 0.15) is 47.8 Å². The smallest absolute Gasteiger partial charge is 0.261 e. The summed E-state index contributed by atoms with van der Waals surface area (Å²) in [5.41, 5.74) is 7.01. The molecule has 3 nitrogen and oxygen atoms in total. The molecule has 1 fully saturated rings. The Morgan fingerprint density at radius 3 is 2.82 bits per heavy atom. The molecule has 2 rings (SSSR count). The van der Waals surface area contributed by atoms with E-state index in [1.807, 2.05) is 11.4 Å². The third kappa shape index (κ3) is 3.07. The van der Waals surface area contributed by atoms with E-state index in [-0.39, 0.29) is 5.91 Å². The summed E-state index contributed by atoms with van der Waals surface area (Å²) >= 11 is 1.53.